The molecule has 0 saturated carbocycles. The van der Waals surface area contributed by atoms with Crippen LogP contribution in [-0.2, 0) is 4.79 Å². The molecule has 1 unspecified atom stereocenters. The molecule has 0 radical (unpaired) electrons. The maximum atomic E-state index is 10.7. The van der Waals surface area contributed by atoms with E-state index in [1.54, 1.807) is 0 Å². The summed E-state index contributed by atoms with van der Waals surface area (Å²) in [5, 5.41) is 0. The summed E-state index contributed by atoms with van der Waals surface area (Å²) in [5.74, 6) is 0.249. The zero-order chi connectivity index (χ0) is 11.4. The lowest BCUT2D eigenvalue weighted by atomic mass is 9.83. The molecular weight excluding hydrogens is 174 g/mol. The Morgan fingerprint density at radius 3 is 2.29 bits per heavy atom. The molecule has 82 valence electrons. The van der Waals surface area contributed by atoms with Crippen LogP contribution in [-0.4, -0.2) is 5.91 Å². The summed E-state index contributed by atoms with van der Waals surface area (Å²) in [6.45, 7) is 12.5. The number of hydrogen-bond acceptors (Lipinski definition) is 1. The number of hydrogen-bond donors (Lipinski definition) is 1. The van der Waals surface area contributed by atoms with Gasteiger partial charge in [0, 0.05) is 5.57 Å². The van der Waals surface area contributed by atoms with E-state index in [0.29, 0.717) is 16.9 Å². The number of rotatable bonds is 5. The molecule has 0 saturated heterocycles. The predicted molar refractivity (Wildman–Crippen MR) is 60.8 cm³/mol. The quantitative estimate of drug-likeness (QED) is 0.677. The van der Waals surface area contributed by atoms with Gasteiger partial charge in [-0.2, -0.15) is 0 Å². The molecule has 0 rings (SSSR count). The van der Waals surface area contributed by atoms with E-state index in [1.807, 2.05) is 0 Å². The second-order valence-corrected chi connectivity index (χ2v) is 5.38. The van der Waals surface area contributed by atoms with Crippen molar-refractivity contribution < 1.29 is 4.79 Å². The van der Waals surface area contributed by atoms with Gasteiger partial charge in [0.25, 0.3) is 0 Å². The van der Waals surface area contributed by atoms with Crippen LogP contribution >= 0.6 is 0 Å². The lowest BCUT2D eigenvalue weighted by Gasteiger charge is -2.23. The minimum atomic E-state index is -0.368. The van der Waals surface area contributed by atoms with Crippen molar-refractivity contribution in [2.24, 2.45) is 17.1 Å². The Kier molecular flexibility index (Phi) is 4.89. The van der Waals surface area contributed by atoms with Gasteiger partial charge in [-0.05, 0) is 30.6 Å². The van der Waals surface area contributed by atoms with Crippen LogP contribution in [0, 0.1) is 11.3 Å². The highest BCUT2D eigenvalue weighted by Gasteiger charge is 2.15. The van der Waals surface area contributed by atoms with Crippen molar-refractivity contribution in [1.82, 2.24) is 0 Å². The van der Waals surface area contributed by atoms with E-state index < -0.39 is 0 Å². The van der Waals surface area contributed by atoms with Crippen LogP contribution in [0.15, 0.2) is 12.2 Å². The Balaban J connectivity index is 3.80. The molecule has 14 heavy (non-hydrogen) atoms. The van der Waals surface area contributed by atoms with Gasteiger partial charge in [0.1, 0.15) is 0 Å². The molecule has 0 bridgehead atoms. The Morgan fingerprint density at radius 2 is 1.93 bits per heavy atom. The topological polar surface area (TPSA) is 43.1 Å². The van der Waals surface area contributed by atoms with E-state index in [-0.39, 0.29) is 5.91 Å². The van der Waals surface area contributed by atoms with Gasteiger partial charge in [-0.25, -0.2) is 0 Å². The predicted octanol–water partition coefficient (Wildman–Crippen LogP) is 2.88. The summed E-state index contributed by atoms with van der Waals surface area (Å²) in [5.41, 5.74) is 6.01. The third-order valence-corrected chi connectivity index (χ3v) is 2.25. The molecule has 0 spiro atoms. The molecule has 2 N–H and O–H groups in total. The van der Waals surface area contributed by atoms with Crippen LogP contribution in [0.25, 0.3) is 0 Å². The van der Waals surface area contributed by atoms with Gasteiger partial charge in [-0.15, -0.1) is 0 Å². The molecule has 0 aromatic heterocycles. The molecule has 0 aliphatic carbocycles. The van der Waals surface area contributed by atoms with Crippen LogP contribution in [0.1, 0.15) is 47.0 Å². The van der Waals surface area contributed by atoms with Crippen LogP contribution in [0.4, 0.5) is 0 Å². The summed E-state index contributed by atoms with van der Waals surface area (Å²) < 4.78 is 0. The van der Waals surface area contributed by atoms with Gasteiger partial charge in [0.2, 0.25) is 5.91 Å². The van der Waals surface area contributed by atoms with Crippen LogP contribution < -0.4 is 5.73 Å². The normalized spacial score (nSPS) is 13.7. The maximum Gasteiger partial charge on any atom is 0.244 e. The van der Waals surface area contributed by atoms with E-state index >= 15 is 0 Å². The van der Waals surface area contributed by atoms with Crippen LogP contribution in [0.5, 0.6) is 0 Å². The Morgan fingerprint density at radius 1 is 1.43 bits per heavy atom. The molecule has 0 heterocycles. The molecule has 0 fully saturated rings. The second kappa shape index (κ2) is 5.18. The molecule has 2 nitrogen and oxygen atoms in total. The van der Waals surface area contributed by atoms with Gasteiger partial charge in [-0.1, -0.05) is 34.3 Å². The maximum absolute atomic E-state index is 10.7. The van der Waals surface area contributed by atoms with Crippen LogP contribution in [0.2, 0.25) is 0 Å². The fourth-order valence-electron chi connectivity index (χ4n) is 1.69. The number of amides is 1. The van der Waals surface area contributed by atoms with E-state index in [4.69, 9.17) is 5.73 Å². The van der Waals surface area contributed by atoms with Crippen molar-refractivity contribution in [3.63, 3.8) is 0 Å². The first-order chi connectivity index (χ1) is 6.22. The standard InChI is InChI=1S/C12H23NO/c1-9(8-12(3,4)5)6-7-10(2)11(13)14/h9H,2,6-8H2,1,3-5H3,(H2,13,14). The largest absolute Gasteiger partial charge is 0.366 e. The van der Waals surface area contributed by atoms with Crippen molar-refractivity contribution in [2.75, 3.05) is 0 Å². The third-order valence-electron chi connectivity index (χ3n) is 2.25. The minimum absolute atomic E-state index is 0.355. The number of nitrogens with two attached hydrogens (primary N) is 1. The third kappa shape index (κ3) is 6.70. The van der Waals surface area contributed by atoms with Crippen molar-refractivity contribution in [2.45, 2.75) is 47.0 Å². The number of carbonyl (C=O) groups excluding carboxylic acids is 1. The molecule has 2 heteroatoms. The fourth-order valence-corrected chi connectivity index (χ4v) is 1.69. The molecule has 0 aromatic carbocycles. The van der Waals surface area contributed by atoms with Crippen molar-refractivity contribution >= 4 is 5.91 Å². The van der Waals surface area contributed by atoms with Crippen molar-refractivity contribution in [3.05, 3.63) is 12.2 Å². The number of carbonyl (C=O) groups is 1. The lowest BCUT2D eigenvalue weighted by molar-refractivity contribution is -0.114. The highest BCUT2D eigenvalue weighted by Crippen LogP contribution is 2.27. The summed E-state index contributed by atoms with van der Waals surface area (Å²) in [4.78, 5) is 10.7. The summed E-state index contributed by atoms with van der Waals surface area (Å²) in [6.07, 6.45) is 2.89. The van der Waals surface area contributed by atoms with Crippen LogP contribution in [0.3, 0.4) is 0 Å². The lowest BCUT2D eigenvalue weighted by Crippen LogP contribution is -2.15. The van der Waals surface area contributed by atoms with E-state index in [1.165, 1.54) is 6.42 Å². The van der Waals surface area contributed by atoms with E-state index in [0.717, 1.165) is 12.8 Å². The minimum Gasteiger partial charge on any atom is -0.366 e. The zero-order valence-corrected chi connectivity index (χ0v) is 9.89. The SMILES string of the molecule is C=C(CCC(C)CC(C)(C)C)C(N)=O. The first-order valence-corrected chi connectivity index (χ1v) is 5.20. The van der Waals surface area contributed by atoms with Crippen molar-refractivity contribution in [1.29, 1.82) is 0 Å². The first kappa shape index (κ1) is 13.2. The molecule has 0 aromatic rings. The highest BCUT2D eigenvalue weighted by molar-refractivity contribution is 5.91. The number of primary amides is 1. The molecule has 1 amide bonds. The van der Waals surface area contributed by atoms with Crippen molar-refractivity contribution in [3.8, 4) is 0 Å². The van der Waals surface area contributed by atoms with Gasteiger partial charge in [-0.3, -0.25) is 4.79 Å². The second-order valence-electron chi connectivity index (χ2n) is 5.38. The Bertz CT molecular complexity index is 213. The van der Waals surface area contributed by atoms with Gasteiger partial charge in [0.05, 0.1) is 0 Å². The van der Waals surface area contributed by atoms with E-state index in [9.17, 15) is 4.79 Å². The van der Waals surface area contributed by atoms with E-state index in [2.05, 4.69) is 34.3 Å². The van der Waals surface area contributed by atoms with Gasteiger partial charge >= 0.3 is 0 Å². The molecule has 1 atom stereocenters. The highest BCUT2D eigenvalue weighted by atomic mass is 16.1. The zero-order valence-electron chi connectivity index (χ0n) is 9.89. The summed E-state index contributed by atoms with van der Waals surface area (Å²) in [6, 6.07) is 0. The first-order valence-electron chi connectivity index (χ1n) is 5.20. The smallest absolute Gasteiger partial charge is 0.244 e. The summed E-state index contributed by atoms with van der Waals surface area (Å²) >= 11 is 0. The monoisotopic (exact) mass is 197 g/mol. The Hall–Kier alpha value is -0.790. The fraction of sp³-hybridized carbons (Fsp3) is 0.750. The summed E-state index contributed by atoms with van der Waals surface area (Å²) in [7, 11) is 0. The average molecular weight is 197 g/mol. The van der Waals surface area contributed by atoms with Gasteiger partial charge < -0.3 is 5.73 Å². The Labute approximate surface area is 87.6 Å². The molecule has 0 aliphatic rings. The van der Waals surface area contributed by atoms with Gasteiger partial charge in [0.15, 0.2) is 0 Å². The molecule has 0 aliphatic heterocycles. The molecular formula is C12H23NO. The average Bonchev–Trinajstić information content (AvgIpc) is 1.96.